The fourth-order valence-corrected chi connectivity index (χ4v) is 1.24. The van der Waals surface area contributed by atoms with E-state index in [0.29, 0.717) is 0 Å². The molecule has 0 bridgehead atoms. The number of carbonyl (C=O) groups excluding carboxylic acids is 2. The predicted molar refractivity (Wildman–Crippen MR) is 58.7 cm³/mol. The molecule has 0 fully saturated rings. The molecule has 0 saturated carbocycles. The van der Waals surface area contributed by atoms with Crippen molar-refractivity contribution in [1.82, 2.24) is 5.32 Å². The van der Waals surface area contributed by atoms with Crippen molar-refractivity contribution in [2.24, 2.45) is 5.73 Å². The highest BCUT2D eigenvalue weighted by atomic mass is 16.5. The maximum absolute atomic E-state index is 11.0. The fourth-order valence-electron chi connectivity index (χ4n) is 1.24. The molecule has 1 rings (SSSR count). The molecule has 3 N–H and O–H groups in total. The van der Waals surface area contributed by atoms with Crippen LogP contribution in [0.4, 0.5) is 0 Å². The smallest absolute Gasteiger partial charge is 0.309 e. The van der Waals surface area contributed by atoms with E-state index in [-0.39, 0.29) is 6.04 Å². The fraction of sp³-hybridized carbons (Fsp3) is 0.273. The van der Waals surface area contributed by atoms with Crippen LogP contribution < -0.4 is 15.8 Å². The highest BCUT2D eigenvalue weighted by Gasteiger charge is 2.13. The Morgan fingerprint density at radius 1 is 1.31 bits per heavy atom. The Kier molecular flexibility index (Phi) is 3.88. The Morgan fingerprint density at radius 3 is 2.31 bits per heavy atom. The van der Waals surface area contributed by atoms with Gasteiger partial charge in [-0.25, -0.2) is 0 Å². The number of ether oxygens (including phenoxy) is 1. The van der Waals surface area contributed by atoms with Crippen LogP contribution in [0, 0.1) is 0 Å². The third-order valence-electron chi connectivity index (χ3n) is 2.19. The zero-order chi connectivity index (χ0) is 12.1. The minimum absolute atomic E-state index is 0.272. The summed E-state index contributed by atoms with van der Waals surface area (Å²) in [7, 11) is 1.58. The number of nitrogens with two attached hydrogens (primary N) is 1. The Balaban J connectivity index is 2.69. The number of hydrogen-bond donors (Lipinski definition) is 2. The van der Waals surface area contributed by atoms with E-state index in [4.69, 9.17) is 10.5 Å². The molecule has 2 amide bonds. The standard InChI is InChI=1S/C11H14N2O3/c1-7(13-11(15)10(12)14)8-3-5-9(16-2)6-4-8/h3-7H,1-2H3,(H2,12,14)(H,13,15)/t7-/m0/s1. The van der Waals surface area contributed by atoms with E-state index in [9.17, 15) is 9.59 Å². The van der Waals surface area contributed by atoms with E-state index in [1.54, 1.807) is 26.2 Å². The Hall–Kier alpha value is -2.04. The van der Waals surface area contributed by atoms with Gasteiger partial charge in [-0.2, -0.15) is 0 Å². The first-order valence-corrected chi connectivity index (χ1v) is 4.79. The third-order valence-corrected chi connectivity index (χ3v) is 2.19. The molecule has 0 heterocycles. The molecule has 1 atom stereocenters. The van der Waals surface area contributed by atoms with Crippen molar-refractivity contribution < 1.29 is 14.3 Å². The zero-order valence-corrected chi connectivity index (χ0v) is 9.19. The molecule has 0 spiro atoms. The average Bonchev–Trinajstić information content (AvgIpc) is 2.28. The van der Waals surface area contributed by atoms with Crippen LogP contribution in [0.5, 0.6) is 5.75 Å². The first-order valence-electron chi connectivity index (χ1n) is 4.79. The van der Waals surface area contributed by atoms with Gasteiger partial charge in [-0.3, -0.25) is 9.59 Å². The van der Waals surface area contributed by atoms with Crippen molar-refractivity contribution >= 4 is 11.8 Å². The summed E-state index contributed by atoms with van der Waals surface area (Å²) < 4.78 is 5.01. The lowest BCUT2D eigenvalue weighted by Gasteiger charge is -2.13. The summed E-state index contributed by atoms with van der Waals surface area (Å²) in [4.78, 5) is 21.6. The number of carbonyl (C=O) groups is 2. The number of primary amides is 1. The van der Waals surface area contributed by atoms with Crippen LogP contribution in [0.15, 0.2) is 24.3 Å². The van der Waals surface area contributed by atoms with Crippen LogP contribution in [-0.4, -0.2) is 18.9 Å². The molecule has 0 aliphatic carbocycles. The number of rotatable bonds is 3. The molecule has 5 nitrogen and oxygen atoms in total. The largest absolute Gasteiger partial charge is 0.497 e. The van der Waals surface area contributed by atoms with Crippen molar-refractivity contribution in [3.63, 3.8) is 0 Å². The van der Waals surface area contributed by atoms with E-state index in [1.807, 2.05) is 12.1 Å². The van der Waals surface area contributed by atoms with E-state index < -0.39 is 11.8 Å². The van der Waals surface area contributed by atoms with Crippen LogP contribution in [0.1, 0.15) is 18.5 Å². The Bertz CT molecular complexity index is 387. The Morgan fingerprint density at radius 2 is 1.88 bits per heavy atom. The zero-order valence-electron chi connectivity index (χ0n) is 9.19. The molecule has 0 unspecified atom stereocenters. The lowest BCUT2D eigenvalue weighted by molar-refractivity contribution is -0.137. The highest BCUT2D eigenvalue weighted by Crippen LogP contribution is 2.16. The van der Waals surface area contributed by atoms with Crippen LogP contribution in [0.25, 0.3) is 0 Å². The lowest BCUT2D eigenvalue weighted by atomic mass is 10.1. The van der Waals surface area contributed by atoms with Crippen molar-refractivity contribution in [2.75, 3.05) is 7.11 Å². The van der Waals surface area contributed by atoms with Crippen LogP contribution >= 0.6 is 0 Å². The van der Waals surface area contributed by atoms with E-state index in [2.05, 4.69) is 5.32 Å². The van der Waals surface area contributed by atoms with Gasteiger partial charge >= 0.3 is 11.8 Å². The molecule has 0 aliphatic rings. The molecule has 1 aromatic carbocycles. The van der Waals surface area contributed by atoms with Gasteiger partial charge in [0, 0.05) is 0 Å². The summed E-state index contributed by atoms with van der Waals surface area (Å²) in [5.41, 5.74) is 5.71. The molecule has 5 heteroatoms. The minimum atomic E-state index is -0.986. The second-order valence-electron chi connectivity index (χ2n) is 3.33. The molecule has 0 aliphatic heterocycles. The SMILES string of the molecule is COc1ccc([C@H](C)NC(=O)C(N)=O)cc1. The van der Waals surface area contributed by atoms with Gasteiger partial charge in [0.05, 0.1) is 13.2 Å². The minimum Gasteiger partial charge on any atom is -0.497 e. The second kappa shape index (κ2) is 5.16. The van der Waals surface area contributed by atoms with Gasteiger partial charge in [0.25, 0.3) is 0 Å². The summed E-state index contributed by atoms with van der Waals surface area (Å²) in [6, 6.07) is 6.91. The molecular weight excluding hydrogens is 208 g/mol. The van der Waals surface area contributed by atoms with Crippen molar-refractivity contribution in [1.29, 1.82) is 0 Å². The lowest BCUT2D eigenvalue weighted by Crippen LogP contribution is -2.37. The van der Waals surface area contributed by atoms with E-state index in [1.165, 1.54) is 0 Å². The van der Waals surface area contributed by atoms with Crippen LogP contribution in [0.2, 0.25) is 0 Å². The summed E-state index contributed by atoms with van der Waals surface area (Å²) in [6.45, 7) is 1.77. The topological polar surface area (TPSA) is 81.4 Å². The molecule has 86 valence electrons. The van der Waals surface area contributed by atoms with Gasteiger partial charge < -0.3 is 15.8 Å². The first kappa shape index (κ1) is 12.0. The molecule has 0 aromatic heterocycles. The predicted octanol–water partition coefficient (Wildman–Crippen LogP) is 0.358. The highest BCUT2D eigenvalue weighted by molar-refractivity contribution is 6.34. The van der Waals surface area contributed by atoms with Gasteiger partial charge in [0.2, 0.25) is 0 Å². The molecule has 0 radical (unpaired) electrons. The van der Waals surface area contributed by atoms with Crippen molar-refractivity contribution in [2.45, 2.75) is 13.0 Å². The quantitative estimate of drug-likeness (QED) is 0.724. The molecule has 1 aromatic rings. The monoisotopic (exact) mass is 222 g/mol. The number of amides is 2. The van der Waals surface area contributed by atoms with Crippen molar-refractivity contribution in [3.8, 4) is 5.75 Å². The number of hydrogen-bond acceptors (Lipinski definition) is 3. The van der Waals surface area contributed by atoms with Crippen LogP contribution in [0.3, 0.4) is 0 Å². The Labute approximate surface area is 93.6 Å². The molecule has 0 saturated heterocycles. The maximum Gasteiger partial charge on any atom is 0.309 e. The summed E-state index contributed by atoms with van der Waals surface area (Å²) in [6.07, 6.45) is 0. The summed E-state index contributed by atoms with van der Waals surface area (Å²) in [5, 5.41) is 2.48. The maximum atomic E-state index is 11.0. The van der Waals surface area contributed by atoms with Gasteiger partial charge in [-0.1, -0.05) is 12.1 Å². The van der Waals surface area contributed by atoms with Gasteiger partial charge in [-0.15, -0.1) is 0 Å². The molecule has 16 heavy (non-hydrogen) atoms. The first-order chi connectivity index (χ1) is 7.54. The van der Waals surface area contributed by atoms with Gasteiger partial charge in [-0.05, 0) is 24.6 Å². The van der Waals surface area contributed by atoms with Crippen molar-refractivity contribution in [3.05, 3.63) is 29.8 Å². The third kappa shape index (κ3) is 2.98. The van der Waals surface area contributed by atoms with E-state index in [0.717, 1.165) is 11.3 Å². The molecular formula is C11H14N2O3. The van der Waals surface area contributed by atoms with E-state index >= 15 is 0 Å². The van der Waals surface area contributed by atoms with Gasteiger partial charge in [0.1, 0.15) is 5.75 Å². The normalized spacial score (nSPS) is 11.6. The van der Waals surface area contributed by atoms with Crippen LogP contribution in [-0.2, 0) is 9.59 Å². The number of methoxy groups -OCH3 is 1. The average molecular weight is 222 g/mol. The van der Waals surface area contributed by atoms with Gasteiger partial charge in [0.15, 0.2) is 0 Å². The number of nitrogens with one attached hydrogen (secondary N) is 1. The second-order valence-corrected chi connectivity index (χ2v) is 3.33. The summed E-state index contributed by atoms with van der Waals surface area (Å²) in [5.74, 6) is -1.04. The number of benzene rings is 1. The summed E-state index contributed by atoms with van der Waals surface area (Å²) >= 11 is 0.